The first kappa shape index (κ1) is 28.9. The fraction of sp³-hybridized carbons (Fsp3) is 0.433. The van der Waals surface area contributed by atoms with Gasteiger partial charge in [-0.3, -0.25) is 9.69 Å². The van der Waals surface area contributed by atoms with Gasteiger partial charge < -0.3 is 19.3 Å². The molecule has 0 radical (unpaired) electrons. The van der Waals surface area contributed by atoms with Crippen molar-refractivity contribution in [3.05, 3.63) is 71.3 Å². The molecule has 0 amide bonds. The summed E-state index contributed by atoms with van der Waals surface area (Å²) < 4.78 is 15.2. The van der Waals surface area contributed by atoms with Crippen LogP contribution in [0.15, 0.2) is 54.6 Å². The lowest BCUT2D eigenvalue weighted by Crippen LogP contribution is -2.34. The summed E-state index contributed by atoms with van der Waals surface area (Å²) in [5.41, 5.74) is 3.31. The van der Waals surface area contributed by atoms with Crippen molar-refractivity contribution >= 4 is 17.7 Å². The number of aliphatic carboxylic acids is 1. The third-order valence-corrected chi connectivity index (χ3v) is 6.93. The highest BCUT2D eigenvalue weighted by Gasteiger charge is 2.34. The number of hydrogen-bond acceptors (Lipinski definition) is 7. The average Bonchev–Trinajstić information content (AvgIpc) is 3.22. The number of hydrogen-bond donors (Lipinski definition) is 1. The Bertz CT molecular complexity index is 1120. The van der Waals surface area contributed by atoms with Crippen LogP contribution in [0.4, 0.5) is 0 Å². The van der Waals surface area contributed by atoms with Crippen molar-refractivity contribution < 1.29 is 33.7 Å². The fourth-order valence-electron chi connectivity index (χ4n) is 5.04. The molecule has 1 aliphatic carbocycles. The molecule has 4 rings (SSSR count). The average molecular weight is 524 g/mol. The van der Waals surface area contributed by atoms with Crippen molar-refractivity contribution in [1.29, 1.82) is 0 Å². The number of esters is 1. The predicted octanol–water partition coefficient (Wildman–Crippen LogP) is 4.55. The van der Waals surface area contributed by atoms with Crippen LogP contribution in [0.2, 0.25) is 0 Å². The van der Waals surface area contributed by atoms with Crippen LogP contribution in [-0.4, -0.2) is 61.6 Å². The number of carboxylic acids is 1. The largest absolute Gasteiger partial charge is 0.493 e. The quantitative estimate of drug-likeness (QED) is 0.377. The van der Waals surface area contributed by atoms with Crippen LogP contribution < -0.4 is 9.47 Å². The van der Waals surface area contributed by atoms with Crippen molar-refractivity contribution in [3.8, 4) is 11.5 Å². The van der Waals surface area contributed by atoms with Gasteiger partial charge in [-0.25, -0.2) is 9.59 Å². The van der Waals surface area contributed by atoms with Crippen molar-refractivity contribution in [1.82, 2.24) is 4.90 Å². The zero-order chi connectivity index (χ0) is 27.5. The van der Waals surface area contributed by atoms with Gasteiger partial charge >= 0.3 is 11.9 Å². The minimum Gasteiger partial charge on any atom is -0.493 e. The summed E-state index contributed by atoms with van der Waals surface area (Å²) in [5.74, 6) is 0.588. The van der Waals surface area contributed by atoms with Gasteiger partial charge in [-0.15, -0.1) is 0 Å². The molecule has 8 heteroatoms. The monoisotopic (exact) mass is 523 g/mol. The van der Waals surface area contributed by atoms with E-state index < -0.39 is 11.9 Å². The van der Waals surface area contributed by atoms with Crippen LogP contribution in [-0.2, 0) is 27.3 Å². The molecule has 204 valence electrons. The molecule has 1 heterocycles. The Labute approximate surface area is 224 Å². The number of carbonyl (C=O) groups is 3. The van der Waals surface area contributed by atoms with Crippen molar-refractivity contribution in [2.75, 3.05) is 33.9 Å². The van der Waals surface area contributed by atoms with E-state index in [9.17, 15) is 14.4 Å². The van der Waals surface area contributed by atoms with Crippen LogP contribution in [0.3, 0.4) is 0 Å². The summed E-state index contributed by atoms with van der Waals surface area (Å²) in [5, 5.41) is 8.04. The second-order valence-electron chi connectivity index (χ2n) is 9.49. The number of likely N-dealkylation sites (tertiary alicyclic amines) is 1. The molecule has 1 atom stereocenters. The third-order valence-electron chi connectivity index (χ3n) is 6.93. The van der Waals surface area contributed by atoms with E-state index in [0.29, 0.717) is 17.4 Å². The van der Waals surface area contributed by atoms with Gasteiger partial charge in [-0.2, -0.15) is 0 Å². The van der Waals surface area contributed by atoms with Crippen molar-refractivity contribution in [2.45, 2.75) is 39.2 Å². The maximum Gasteiger partial charge on any atom is 0.330 e. The Morgan fingerprint density at radius 2 is 1.68 bits per heavy atom. The second kappa shape index (κ2) is 14.3. The molecular formula is C30H37NO7. The van der Waals surface area contributed by atoms with E-state index >= 15 is 0 Å². The van der Waals surface area contributed by atoms with E-state index in [2.05, 4.69) is 40.0 Å². The Hall–Kier alpha value is -3.65. The highest BCUT2D eigenvalue weighted by Crippen LogP contribution is 2.39. The van der Waals surface area contributed by atoms with Gasteiger partial charge in [-0.05, 0) is 74.9 Å². The van der Waals surface area contributed by atoms with Gasteiger partial charge in [0, 0.05) is 30.2 Å². The first-order chi connectivity index (χ1) is 18.3. The molecular weight excluding hydrogens is 486 g/mol. The Morgan fingerprint density at radius 3 is 2.29 bits per heavy atom. The van der Waals surface area contributed by atoms with E-state index in [1.54, 1.807) is 21.1 Å². The maximum atomic E-state index is 12.9. The molecule has 1 aliphatic heterocycles. The molecule has 0 aromatic heterocycles. The highest BCUT2D eigenvalue weighted by atomic mass is 16.5. The van der Waals surface area contributed by atoms with E-state index in [1.807, 2.05) is 12.1 Å². The van der Waals surface area contributed by atoms with Crippen LogP contribution in [0.25, 0.3) is 0 Å². The van der Waals surface area contributed by atoms with Crippen LogP contribution in [0.1, 0.15) is 47.7 Å². The number of carboxylic acid groups (broad SMARTS) is 1. The van der Waals surface area contributed by atoms with E-state index in [0.717, 1.165) is 55.8 Å². The predicted molar refractivity (Wildman–Crippen MR) is 144 cm³/mol. The normalized spacial score (nSPS) is 17.4. The third kappa shape index (κ3) is 8.18. The fourth-order valence-corrected chi connectivity index (χ4v) is 5.04. The molecule has 2 aromatic carbocycles. The summed E-state index contributed by atoms with van der Waals surface area (Å²) in [4.78, 5) is 35.7. The van der Waals surface area contributed by atoms with Gasteiger partial charge in [0.05, 0.1) is 20.8 Å². The number of Topliss-reactive ketones (excluding diaryl/α,β-unsaturated/α-hetero) is 1. The lowest BCUT2D eigenvalue weighted by atomic mass is 9.85. The molecule has 8 nitrogen and oxygen atoms in total. The lowest BCUT2D eigenvalue weighted by Gasteiger charge is -2.32. The van der Waals surface area contributed by atoms with E-state index in [4.69, 9.17) is 14.6 Å². The molecule has 0 spiro atoms. The van der Waals surface area contributed by atoms with Crippen LogP contribution in [0.5, 0.6) is 11.5 Å². The number of ketones is 1. The number of piperidine rings is 1. The number of rotatable bonds is 9. The molecule has 0 bridgehead atoms. The number of benzene rings is 2. The zero-order valence-corrected chi connectivity index (χ0v) is 22.4. The number of methoxy groups -OCH3 is 2. The standard InChI is InChI=1S/C24H29NO3.C6H8O4/c1-27-22-14-19-13-20(24(26)21(19)15-23(22)28-2)12-17-8-10-25(11-9-17)16-18-6-4-3-5-7-18;1-2-10-6(9)4-3-5(7)8/h3-7,14-15,17,20H,8-13,16H2,1-2H3;3-4H,2H2,1H3,(H,7,8)/b;4-3-. The topological polar surface area (TPSA) is 102 Å². The Kier molecular flexibility index (Phi) is 10.9. The highest BCUT2D eigenvalue weighted by molar-refractivity contribution is 6.03. The van der Waals surface area contributed by atoms with Gasteiger partial charge in [-0.1, -0.05) is 30.3 Å². The summed E-state index contributed by atoms with van der Waals surface area (Å²) >= 11 is 0. The number of ether oxygens (including phenoxy) is 3. The molecule has 38 heavy (non-hydrogen) atoms. The van der Waals surface area contributed by atoms with Gasteiger partial charge in [0.2, 0.25) is 0 Å². The first-order valence-corrected chi connectivity index (χ1v) is 13.0. The first-order valence-electron chi connectivity index (χ1n) is 13.0. The molecule has 0 saturated carbocycles. The number of nitrogens with zero attached hydrogens (tertiary/aromatic N) is 1. The van der Waals surface area contributed by atoms with Gasteiger partial charge in [0.25, 0.3) is 0 Å². The van der Waals surface area contributed by atoms with Gasteiger partial charge in [0.1, 0.15) is 0 Å². The second-order valence-corrected chi connectivity index (χ2v) is 9.49. The smallest absolute Gasteiger partial charge is 0.330 e. The minimum atomic E-state index is -1.16. The van der Waals surface area contributed by atoms with E-state index in [1.165, 1.54) is 18.4 Å². The van der Waals surface area contributed by atoms with Crippen LogP contribution >= 0.6 is 0 Å². The molecule has 2 aliphatic rings. The minimum absolute atomic E-state index is 0.109. The molecule has 1 unspecified atom stereocenters. The summed E-state index contributed by atoms with van der Waals surface area (Å²) in [6.07, 6.45) is 5.79. The Morgan fingerprint density at radius 1 is 1.03 bits per heavy atom. The molecule has 1 N–H and O–H groups in total. The molecule has 1 fully saturated rings. The summed E-state index contributed by atoms with van der Waals surface area (Å²) in [6, 6.07) is 14.5. The lowest BCUT2D eigenvalue weighted by molar-refractivity contribution is -0.138. The summed E-state index contributed by atoms with van der Waals surface area (Å²) in [6.45, 7) is 5.17. The van der Waals surface area contributed by atoms with Gasteiger partial charge in [0.15, 0.2) is 17.3 Å². The molecule has 2 aromatic rings. The summed E-state index contributed by atoms with van der Waals surface area (Å²) in [7, 11) is 3.26. The Balaban J connectivity index is 0.000000342. The number of fused-ring (bicyclic) bond motifs is 1. The zero-order valence-electron chi connectivity index (χ0n) is 22.4. The SMILES string of the molecule is CCOC(=O)/C=C\C(=O)O.COc1cc2c(cc1OC)C(=O)C(CC1CCN(Cc3ccccc3)CC1)C2. The van der Waals surface area contributed by atoms with Crippen molar-refractivity contribution in [2.24, 2.45) is 11.8 Å². The van der Waals surface area contributed by atoms with Crippen molar-refractivity contribution in [3.63, 3.8) is 0 Å². The van der Waals surface area contributed by atoms with Crippen LogP contribution in [0, 0.1) is 11.8 Å². The maximum absolute atomic E-state index is 12.9. The number of carbonyl (C=O) groups excluding carboxylic acids is 2. The van der Waals surface area contributed by atoms with E-state index in [-0.39, 0.29) is 18.3 Å². The molecule has 1 saturated heterocycles.